The second-order valence-corrected chi connectivity index (χ2v) is 5.25. The highest BCUT2D eigenvalue weighted by Gasteiger charge is 2.23. The Morgan fingerprint density at radius 2 is 2.14 bits per heavy atom. The summed E-state index contributed by atoms with van der Waals surface area (Å²) in [7, 11) is 0. The molecule has 0 aliphatic carbocycles. The molecule has 0 amide bonds. The molecule has 78 valence electrons. The van der Waals surface area contributed by atoms with Crippen LogP contribution >= 0.6 is 27.3 Å². The molecule has 14 heavy (non-hydrogen) atoms. The first-order valence-electron chi connectivity index (χ1n) is 4.84. The van der Waals surface area contributed by atoms with Gasteiger partial charge in [-0.05, 0) is 45.6 Å². The first-order chi connectivity index (χ1) is 6.79. The number of rotatable bonds is 2. The van der Waals surface area contributed by atoms with Crippen LogP contribution in [0.3, 0.4) is 0 Å². The fourth-order valence-corrected chi connectivity index (χ4v) is 3.47. The first kappa shape index (κ1) is 10.6. The Morgan fingerprint density at radius 3 is 2.71 bits per heavy atom. The summed E-state index contributed by atoms with van der Waals surface area (Å²) >= 11 is 5.23. The molecule has 0 radical (unpaired) electrons. The summed E-state index contributed by atoms with van der Waals surface area (Å²) < 4.78 is 6.49. The van der Waals surface area contributed by atoms with E-state index >= 15 is 0 Å². The van der Waals surface area contributed by atoms with E-state index in [0.29, 0.717) is 5.92 Å². The molecular weight excluding hydrogens is 262 g/mol. The number of thiophene rings is 1. The monoisotopic (exact) mass is 275 g/mol. The van der Waals surface area contributed by atoms with Crippen LogP contribution in [0.1, 0.15) is 24.4 Å². The molecule has 4 heteroatoms. The quantitative estimate of drug-likeness (QED) is 0.901. The van der Waals surface area contributed by atoms with Crippen molar-refractivity contribution in [1.82, 2.24) is 0 Å². The molecule has 0 spiro atoms. The lowest BCUT2D eigenvalue weighted by molar-refractivity contribution is 0.0583. The van der Waals surface area contributed by atoms with Crippen LogP contribution < -0.4 is 5.73 Å². The third-order valence-electron chi connectivity index (χ3n) is 2.78. The smallest absolute Gasteiger partial charge is 0.0469 e. The molecule has 1 fully saturated rings. The Kier molecular flexibility index (Phi) is 3.60. The maximum absolute atomic E-state index is 6.24. The van der Waals surface area contributed by atoms with Gasteiger partial charge in [-0.15, -0.1) is 0 Å². The Morgan fingerprint density at radius 1 is 1.43 bits per heavy atom. The van der Waals surface area contributed by atoms with Crippen LogP contribution in [0.2, 0.25) is 0 Å². The van der Waals surface area contributed by atoms with Crippen molar-refractivity contribution < 1.29 is 4.74 Å². The number of nitrogens with two attached hydrogens (primary N) is 1. The zero-order valence-electron chi connectivity index (χ0n) is 7.91. The van der Waals surface area contributed by atoms with E-state index < -0.39 is 0 Å². The van der Waals surface area contributed by atoms with Crippen LogP contribution in [0.5, 0.6) is 0 Å². The van der Waals surface area contributed by atoms with Gasteiger partial charge in [-0.2, -0.15) is 11.3 Å². The lowest BCUT2D eigenvalue weighted by Crippen LogP contribution is -2.27. The van der Waals surface area contributed by atoms with Crippen LogP contribution in [0.4, 0.5) is 0 Å². The molecule has 2 rings (SSSR count). The maximum atomic E-state index is 6.24. The Hall–Kier alpha value is 0.1000. The van der Waals surface area contributed by atoms with Gasteiger partial charge in [-0.3, -0.25) is 0 Å². The van der Waals surface area contributed by atoms with Crippen molar-refractivity contribution in [3.05, 3.63) is 20.8 Å². The van der Waals surface area contributed by atoms with E-state index in [1.165, 1.54) is 5.56 Å². The van der Waals surface area contributed by atoms with Gasteiger partial charge in [0.05, 0.1) is 0 Å². The van der Waals surface area contributed by atoms with Crippen LogP contribution in [-0.4, -0.2) is 13.2 Å². The Balaban J connectivity index is 2.07. The van der Waals surface area contributed by atoms with Gasteiger partial charge in [-0.1, -0.05) is 0 Å². The third-order valence-corrected chi connectivity index (χ3v) is 4.53. The lowest BCUT2D eigenvalue weighted by Gasteiger charge is -2.27. The van der Waals surface area contributed by atoms with Gasteiger partial charge in [-0.25, -0.2) is 0 Å². The van der Waals surface area contributed by atoms with Crippen molar-refractivity contribution in [2.24, 2.45) is 11.7 Å². The average Bonchev–Trinajstić information content (AvgIpc) is 2.65. The molecule has 1 aliphatic heterocycles. The lowest BCUT2D eigenvalue weighted by atomic mass is 9.89. The van der Waals surface area contributed by atoms with E-state index in [1.54, 1.807) is 11.3 Å². The highest BCUT2D eigenvalue weighted by atomic mass is 79.9. The molecule has 1 aromatic heterocycles. The number of hydrogen-bond acceptors (Lipinski definition) is 3. The van der Waals surface area contributed by atoms with E-state index in [9.17, 15) is 0 Å². The number of ether oxygens (including phenoxy) is 1. The van der Waals surface area contributed by atoms with Crippen molar-refractivity contribution in [3.8, 4) is 0 Å². The number of hydrogen-bond donors (Lipinski definition) is 1. The Bertz CT molecular complexity index is 296. The largest absolute Gasteiger partial charge is 0.381 e. The summed E-state index contributed by atoms with van der Waals surface area (Å²) in [4.78, 5) is 0. The molecule has 0 bridgehead atoms. The number of halogens is 1. The van der Waals surface area contributed by atoms with Gasteiger partial charge >= 0.3 is 0 Å². The highest BCUT2D eigenvalue weighted by Crippen LogP contribution is 2.34. The van der Waals surface area contributed by atoms with E-state index in [4.69, 9.17) is 10.5 Å². The maximum Gasteiger partial charge on any atom is 0.0469 e. The molecule has 1 atom stereocenters. The third kappa shape index (κ3) is 2.19. The highest BCUT2D eigenvalue weighted by molar-refractivity contribution is 9.10. The minimum Gasteiger partial charge on any atom is -0.381 e. The minimum atomic E-state index is 0.166. The molecule has 1 aliphatic rings. The molecular formula is C10H14BrNOS. The fourth-order valence-electron chi connectivity index (χ4n) is 1.86. The van der Waals surface area contributed by atoms with Crippen LogP contribution in [-0.2, 0) is 4.74 Å². The Labute approximate surface area is 96.6 Å². The second kappa shape index (κ2) is 4.75. The van der Waals surface area contributed by atoms with Crippen molar-refractivity contribution in [3.63, 3.8) is 0 Å². The van der Waals surface area contributed by atoms with Gasteiger partial charge in [0.15, 0.2) is 0 Å². The van der Waals surface area contributed by atoms with Gasteiger partial charge in [0.2, 0.25) is 0 Å². The minimum absolute atomic E-state index is 0.166. The van der Waals surface area contributed by atoms with Gasteiger partial charge < -0.3 is 10.5 Å². The van der Waals surface area contributed by atoms with Crippen molar-refractivity contribution >= 4 is 27.3 Å². The van der Waals surface area contributed by atoms with Gasteiger partial charge in [0, 0.05) is 29.1 Å². The van der Waals surface area contributed by atoms with E-state index in [-0.39, 0.29) is 6.04 Å². The molecule has 0 saturated carbocycles. The summed E-state index contributed by atoms with van der Waals surface area (Å²) in [5, 5.41) is 4.23. The predicted molar refractivity (Wildman–Crippen MR) is 62.5 cm³/mol. The van der Waals surface area contributed by atoms with E-state index in [0.717, 1.165) is 30.5 Å². The molecule has 2 nitrogen and oxygen atoms in total. The molecule has 1 saturated heterocycles. The summed E-state index contributed by atoms with van der Waals surface area (Å²) in [5.41, 5.74) is 7.49. The van der Waals surface area contributed by atoms with Gasteiger partial charge in [0.1, 0.15) is 0 Å². The summed E-state index contributed by atoms with van der Waals surface area (Å²) in [6.07, 6.45) is 2.17. The van der Waals surface area contributed by atoms with Gasteiger partial charge in [0.25, 0.3) is 0 Å². The van der Waals surface area contributed by atoms with E-state index in [2.05, 4.69) is 26.7 Å². The first-order valence-corrected chi connectivity index (χ1v) is 6.57. The topological polar surface area (TPSA) is 35.2 Å². The normalized spacial score (nSPS) is 21.0. The van der Waals surface area contributed by atoms with Crippen molar-refractivity contribution in [2.75, 3.05) is 13.2 Å². The summed E-state index contributed by atoms with van der Waals surface area (Å²) in [6.45, 7) is 1.72. The van der Waals surface area contributed by atoms with Crippen LogP contribution in [0, 0.1) is 5.92 Å². The molecule has 1 aromatic rings. The zero-order valence-corrected chi connectivity index (χ0v) is 10.3. The van der Waals surface area contributed by atoms with Crippen LogP contribution in [0.15, 0.2) is 15.2 Å². The standard InChI is InChI=1S/C10H14BrNOS/c11-9-6-14-5-8(9)10(12)7-1-3-13-4-2-7/h5-7,10H,1-4,12H2. The predicted octanol–water partition coefficient (Wildman–Crippen LogP) is 2.94. The molecule has 0 aromatic carbocycles. The SMILES string of the molecule is NC(c1cscc1Br)C1CCOCC1. The van der Waals surface area contributed by atoms with E-state index in [1.807, 2.05) is 0 Å². The molecule has 2 heterocycles. The van der Waals surface area contributed by atoms with Crippen LogP contribution in [0.25, 0.3) is 0 Å². The average molecular weight is 276 g/mol. The summed E-state index contributed by atoms with van der Waals surface area (Å²) in [5.74, 6) is 0.578. The molecule has 2 N–H and O–H groups in total. The summed E-state index contributed by atoms with van der Waals surface area (Å²) in [6, 6.07) is 0.166. The van der Waals surface area contributed by atoms with Crippen molar-refractivity contribution in [2.45, 2.75) is 18.9 Å². The fraction of sp³-hybridized carbons (Fsp3) is 0.600. The second-order valence-electron chi connectivity index (χ2n) is 3.65. The molecule has 1 unspecified atom stereocenters. The van der Waals surface area contributed by atoms with Crippen molar-refractivity contribution in [1.29, 1.82) is 0 Å². The zero-order chi connectivity index (χ0) is 9.97.